The highest BCUT2D eigenvalue weighted by molar-refractivity contribution is 7.15. The summed E-state index contributed by atoms with van der Waals surface area (Å²) >= 11 is 7.47. The molecule has 1 aliphatic heterocycles. The average Bonchev–Trinajstić information content (AvgIpc) is 3.23. The predicted molar refractivity (Wildman–Crippen MR) is 139 cm³/mol. The molecule has 1 N–H and O–H groups in total. The van der Waals surface area contributed by atoms with E-state index in [1.165, 1.54) is 18.4 Å². The fourth-order valence-corrected chi connectivity index (χ4v) is 5.33. The topological polar surface area (TPSA) is 61.9 Å². The van der Waals surface area contributed by atoms with Crippen molar-refractivity contribution in [2.75, 3.05) is 50.1 Å². The zero-order valence-corrected chi connectivity index (χ0v) is 21.1. The lowest BCUT2D eigenvalue weighted by molar-refractivity contribution is -0.117. The van der Waals surface area contributed by atoms with Gasteiger partial charge in [0.15, 0.2) is 0 Å². The highest BCUT2D eigenvalue weighted by Gasteiger charge is 2.25. The van der Waals surface area contributed by atoms with Crippen molar-refractivity contribution in [3.05, 3.63) is 69.6 Å². The van der Waals surface area contributed by atoms with Gasteiger partial charge in [-0.3, -0.25) is 9.69 Å². The second-order valence-electron chi connectivity index (χ2n) is 8.45. The van der Waals surface area contributed by atoms with Gasteiger partial charge in [0.1, 0.15) is 10.6 Å². The molecule has 1 saturated heterocycles. The molecule has 0 unspecified atom stereocenters. The Balaban J connectivity index is 1.44. The van der Waals surface area contributed by atoms with Crippen LogP contribution >= 0.6 is 22.9 Å². The Labute approximate surface area is 209 Å². The van der Waals surface area contributed by atoms with E-state index >= 15 is 0 Å². The number of rotatable bonds is 6. The number of ether oxygens (including phenoxy) is 1. The Hall–Kier alpha value is -2.87. The van der Waals surface area contributed by atoms with Crippen LogP contribution in [0.2, 0.25) is 5.02 Å². The van der Waals surface area contributed by atoms with Crippen LogP contribution in [0.5, 0.6) is 0 Å². The third-order valence-corrected chi connectivity index (χ3v) is 7.16. The third kappa shape index (κ3) is 5.43. The molecule has 2 aromatic carbocycles. The van der Waals surface area contributed by atoms with Gasteiger partial charge < -0.3 is 15.0 Å². The molecule has 1 fully saturated rings. The van der Waals surface area contributed by atoms with E-state index in [1.54, 1.807) is 0 Å². The number of anilines is 2. The molecule has 4 rings (SSSR count). The molecule has 34 heavy (non-hydrogen) atoms. The number of benzene rings is 2. The first-order valence-electron chi connectivity index (χ1n) is 11.2. The molecule has 178 valence electrons. The summed E-state index contributed by atoms with van der Waals surface area (Å²) in [7, 11) is 1.36. The maximum absolute atomic E-state index is 12.9. The monoisotopic (exact) mass is 497 g/mol. The van der Waals surface area contributed by atoms with Crippen molar-refractivity contribution >= 4 is 45.5 Å². The number of thiophene rings is 1. The van der Waals surface area contributed by atoms with E-state index < -0.39 is 5.97 Å². The van der Waals surface area contributed by atoms with Gasteiger partial charge in [-0.1, -0.05) is 41.4 Å². The van der Waals surface area contributed by atoms with Crippen molar-refractivity contribution in [1.82, 2.24) is 4.90 Å². The van der Waals surface area contributed by atoms with E-state index in [9.17, 15) is 9.59 Å². The number of carbonyl (C=O) groups excluding carboxylic acids is 2. The van der Waals surface area contributed by atoms with Crippen molar-refractivity contribution in [3.8, 4) is 11.1 Å². The van der Waals surface area contributed by atoms with Gasteiger partial charge in [0.25, 0.3) is 0 Å². The summed E-state index contributed by atoms with van der Waals surface area (Å²) in [6, 6.07) is 13.9. The maximum Gasteiger partial charge on any atom is 0.341 e. The molecule has 1 aromatic heterocycles. The van der Waals surface area contributed by atoms with Crippen LogP contribution in [-0.4, -0.2) is 56.6 Å². The lowest BCUT2D eigenvalue weighted by Crippen LogP contribution is -2.48. The predicted octanol–water partition coefficient (Wildman–Crippen LogP) is 5.23. The van der Waals surface area contributed by atoms with Gasteiger partial charge in [-0.15, -0.1) is 11.3 Å². The summed E-state index contributed by atoms with van der Waals surface area (Å²) < 4.78 is 5.05. The summed E-state index contributed by atoms with van der Waals surface area (Å²) in [6.07, 6.45) is 0. The number of nitrogens with zero attached hydrogens (tertiary/aromatic N) is 2. The van der Waals surface area contributed by atoms with Crippen molar-refractivity contribution in [2.45, 2.75) is 13.8 Å². The molecular formula is C26H28ClN3O3S. The van der Waals surface area contributed by atoms with Crippen molar-refractivity contribution in [2.24, 2.45) is 0 Å². The number of carbonyl (C=O) groups is 2. The molecule has 0 atom stereocenters. The minimum atomic E-state index is -0.456. The van der Waals surface area contributed by atoms with Crippen LogP contribution in [0.3, 0.4) is 0 Å². The van der Waals surface area contributed by atoms with E-state index in [1.807, 2.05) is 55.6 Å². The second kappa shape index (κ2) is 10.6. The highest BCUT2D eigenvalue weighted by Crippen LogP contribution is 2.38. The number of hydrogen-bond donors (Lipinski definition) is 1. The molecule has 1 aliphatic rings. The van der Waals surface area contributed by atoms with Crippen LogP contribution < -0.4 is 10.2 Å². The van der Waals surface area contributed by atoms with Crippen LogP contribution in [0, 0.1) is 13.8 Å². The van der Waals surface area contributed by atoms with Gasteiger partial charge in [-0.25, -0.2) is 4.79 Å². The molecule has 3 aromatic rings. The zero-order valence-electron chi connectivity index (χ0n) is 19.6. The summed E-state index contributed by atoms with van der Waals surface area (Å²) in [5.41, 5.74) is 5.41. The summed E-state index contributed by atoms with van der Waals surface area (Å²) in [5, 5.41) is 6.10. The largest absolute Gasteiger partial charge is 0.465 e. The number of piperazine rings is 1. The third-order valence-electron chi connectivity index (χ3n) is 6.03. The van der Waals surface area contributed by atoms with Gasteiger partial charge in [-0.05, 0) is 43.2 Å². The molecule has 0 aliphatic carbocycles. The molecule has 6 nitrogen and oxygen atoms in total. The molecule has 0 saturated carbocycles. The van der Waals surface area contributed by atoms with Crippen LogP contribution in [0.4, 0.5) is 10.7 Å². The number of esters is 1. The standard InChI is InChI=1S/C26H28ClN3O3S/c1-17-7-8-18(2)21(13-17)22-16-34-25(24(22)26(32)33-3)28-23(31)15-29-9-11-30(12-10-29)20-6-4-5-19(27)14-20/h4-8,13-14,16H,9-12,15H2,1-3H3,(H,28,31). The molecule has 2 heterocycles. The first kappa shape index (κ1) is 24.3. The van der Waals surface area contributed by atoms with Gasteiger partial charge in [0.2, 0.25) is 5.91 Å². The van der Waals surface area contributed by atoms with Crippen molar-refractivity contribution < 1.29 is 14.3 Å². The Morgan fingerprint density at radius 3 is 2.53 bits per heavy atom. The Kier molecular flexibility index (Phi) is 7.56. The molecule has 1 amide bonds. The zero-order chi connectivity index (χ0) is 24.2. The minimum Gasteiger partial charge on any atom is -0.465 e. The number of nitrogens with one attached hydrogen (secondary N) is 1. The van der Waals surface area contributed by atoms with Crippen LogP contribution in [0.25, 0.3) is 11.1 Å². The Bertz CT molecular complexity index is 1200. The highest BCUT2D eigenvalue weighted by atomic mass is 35.5. The summed E-state index contributed by atoms with van der Waals surface area (Å²) in [6.45, 7) is 7.45. The fourth-order valence-electron chi connectivity index (χ4n) is 4.19. The fraction of sp³-hybridized carbons (Fsp3) is 0.308. The average molecular weight is 498 g/mol. The van der Waals surface area contributed by atoms with Crippen molar-refractivity contribution in [3.63, 3.8) is 0 Å². The van der Waals surface area contributed by atoms with E-state index in [0.717, 1.165) is 59.1 Å². The second-order valence-corrected chi connectivity index (χ2v) is 9.77. The van der Waals surface area contributed by atoms with Crippen molar-refractivity contribution in [1.29, 1.82) is 0 Å². The number of amides is 1. The maximum atomic E-state index is 12.9. The Morgan fingerprint density at radius 1 is 1.06 bits per heavy atom. The van der Waals surface area contributed by atoms with Crippen LogP contribution in [-0.2, 0) is 9.53 Å². The molecule has 8 heteroatoms. The van der Waals surface area contributed by atoms with Gasteiger partial charge >= 0.3 is 5.97 Å². The van der Waals surface area contributed by atoms with E-state index in [4.69, 9.17) is 16.3 Å². The smallest absolute Gasteiger partial charge is 0.341 e. The van der Waals surface area contributed by atoms with E-state index in [-0.39, 0.29) is 12.5 Å². The first-order valence-corrected chi connectivity index (χ1v) is 12.4. The molecule has 0 spiro atoms. The summed E-state index contributed by atoms with van der Waals surface area (Å²) in [5.74, 6) is -0.599. The SMILES string of the molecule is COC(=O)c1c(-c2cc(C)ccc2C)csc1NC(=O)CN1CCN(c2cccc(Cl)c2)CC1. The van der Waals surface area contributed by atoms with Crippen LogP contribution in [0.15, 0.2) is 47.8 Å². The number of aryl methyl sites for hydroxylation is 2. The van der Waals surface area contributed by atoms with Crippen LogP contribution in [0.1, 0.15) is 21.5 Å². The Morgan fingerprint density at radius 2 is 1.82 bits per heavy atom. The van der Waals surface area contributed by atoms with Gasteiger partial charge in [0, 0.05) is 47.8 Å². The number of halogens is 1. The van der Waals surface area contributed by atoms with Gasteiger partial charge in [-0.2, -0.15) is 0 Å². The first-order chi connectivity index (χ1) is 16.4. The summed E-state index contributed by atoms with van der Waals surface area (Å²) in [4.78, 5) is 29.9. The minimum absolute atomic E-state index is 0.143. The molecular weight excluding hydrogens is 470 g/mol. The van der Waals surface area contributed by atoms with E-state index in [0.29, 0.717) is 10.6 Å². The number of hydrogen-bond acceptors (Lipinski definition) is 6. The quantitative estimate of drug-likeness (QED) is 0.472. The lowest BCUT2D eigenvalue weighted by Gasteiger charge is -2.35. The van der Waals surface area contributed by atoms with E-state index in [2.05, 4.69) is 21.2 Å². The van der Waals surface area contributed by atoms with Gasteiger partial charge in [0.05, 0.1) is 13.7 Å². The number of methoxy groups -OCH3 is 1. The normalized spacial score (nSPS) is 14.2. The molecule has 0 bridgehead atoms. The lowest BCUT2D eigenvalue weighted by atomic mass is 9.97. The molecule has 0 radical (unpaired) electrons.